The fraction of sp³-hybridized carbons (Fsp3) is 0.538. The molecule has 1 rings (SSSR count). The van der Waals surface area contributed by atoms with Gasteiger partial charge in [-0.15, -0.1) is 0 Å². The Kier molecular flexibility index (Phi) is 4.96. The minimum atomic E-state index is -0.236. The topological polar surface area (TPSA) is 43.1 Å². The summed E-state index contributed by atoms with van der Waals surface area (Å²) in [6.45, 7) is 4.09. The van der Waals surface area contributed by atoms with Crippen LogP contribution in [-0.4, -0.2) is 4.92 Å². The lowest BCUT2D eigenvalue weighted by Crippen LogP contribution is -2.00. The molecule has 3 heteroatoms. The number of nitro benzene ring substituents is 1. The van der Waals surface area contributed by atoms with Crippen LogP contribution in [0.5, 0.6) is 0 Å². The molecule has 88 valence electrons. The number of benzene rings is 1. The van der Waals surface area contributed by atoms with E-state index in [0.717, 1.165) is 43.2 Å². The van der Waals surface area contributed by atoms with Crippen molar-refractivity contribution in [3.63, 3.8) is 0 Å². The molecule has 0 atom stereocenters. The maximum absolute atomic E-state index is 11.0. The molecule has 3 nitrogen and oxygen atoms in total. The lowest BCUT2D eigenvalue weighted by molar-refractivity contribution is -0.386. The van der Waals surface area contributed by atoms with Gasteiger partial charge in [-0.2, -0.15) is 0 Å². The number of hydrogen-bond acceptors (Lipinski definition) is 2. The van der Waals surface area contributed by atoms with Crippen molar-refractivity contribution < 1.29 is 4.92 Å². The Hall–Kier alpha value is -1.38. The van der Waals surface area contributed by atoms with Crippen molar-refractivity contribution >= 4 is 5.69 Å². The summed E-state index contributed by atoms with van der Waals surface area (Å²) in [5.41, 5.74) is 2.07. The highest BCUT2D eigenvalue weighted by molar-refractivity contribution is 5.47. The molecule has 0 radical (unpaired) electrons. The van der Waals surface area contributed by atoms with Crippen LogP contribution in [0.1, 0.15) is 44.2 Å². The van der Waals surface area contributed by atoms with E-state index in [0.29, 0.717) is 5.69 Å². The Bertz CT molecular complexity index is 361. The number of unbranched alkanes of at least 4 members (excludes halogenated alkanes) is 2. The van der Waals surface area contributed by atoms with Crippen molar-refractivity contribution in [1.82, 2.24) is 0 Å². The average molecular weight is 221 g/mol. The van der Waals surface area contributed by atoms with E-state index in [2.05, 4.69) is 6.92 Å². The number of rotatable bonds is 6. The second kappa shape index (κ2) is 6.26. The predicted octanol–water partition coefficient (Wildman–Crippen LogP) is 3.89. The average Bonchev–Trinajstić information content (AvgIpc) is 2.28. The predicted molar refractivity (Wildman–Crippen MR) is 65.7 cm³/mol. The minimum absolute atomic E-state index is 0.236. The number of nitro groups is 1. The lowest BCUT2D eigenvalue weighted by atomic mass is 10.0. The molecule has 0 fully saturated rings. The molecule has 0 unspecified atom stereocenters. The van der Waals surface area contributed by atoms with Gasteiger partial charge in [0, 0.05) is 11.1 Å². The van der Waals surface area contributed by atoms with Gasteiger partial charge < -0.3 is 0 Å². The number of para-hydroxylation sites is 1. The Labute approximate surface area is 96.6 Å². The molecule has 0 saturated heterocycles. The molecule has 0 aromatic heterocycles. The molecule has 0 spiro atoms. The molecule has 0 saturated carbocycles. The number of nitrogens with zero attached hydrogens (tertiary/aromatic N) is 1. The molecule has 1 aromatic carbocycles. The van der Waals surface area contributed by atoms with E-state index in [1.807, 2.05) is 25.1 Å². The van der Waals surface area contributed by atoms with Crippen LogP contribution >= 0.6 is 0 Å². The molecule has 1 aromatic rings. The van der Waals surface area contributed by atoms with Crippen molar-refractivity contribution in [3.8, 4) is 0 Å². The van der Waals surface area contributed by atoms with Gasteiger partial charge in [0.1, 0.15) is 0 Å². The van der Waals surface area contributed by atoms with Crippen LogP contribution in [0.3, 0.4) is 0 Å². The van der Waals surface area contributed by atoms with Gasteiger partial charge in [-0.3, -0.25) is 10.1 Å². The van der Waals surface area contributed by atoms with E-state index in [-0.39, 0.29) is 4.92 Å². The van der Waals surface area contributed by atoms with Crippen molar-refractivity contribution in [1.29, 1.82) is 0 Å². The van der Waals surface area contributed by atoms with Gasteiger partial charge >= 0.3 is 0 Å². The van der Waals surface area contributed by atoms with E-state index >= 15 is 0 Å². The van der Waals surface area contributed by atoms with Crippen molar-refractivity contribution in [3.05, 3.63) is 39.4 Å². The summed E-state index contributed by atoms with van der Waals surface area (Å²) < 4.78 is 0. The first-order valence-corrected chi connectivity index (χ1v) is 5.95. The third-order valence-corrected chi connectivity index (χ3v) is 2.82. The molecule has 0 aliphatic heterocycles. The van der Waals surface area contributed by atoms with E-state index in [9.17, 15) is 10.1 Å². The van der Waals surface area contributed by atoms with Crippen molar-refractivity contribution in [2.45, 2.75) is 46.0 Å². The maximum atomic E-state index is 11.0. The van der Waals surface area contributed by atoms with Gasteiger partial charge in [0.15, 0.2) is 0 Å². The van der Waals surface area contributed by atoms with Gasteiger partial charge in [0.2, 0.25) is 0 Å². The van der Waals surface area contributed by atoms with E-state index < -0.39 is 0 Å². The first kappa shape index (κ1) is 12.7. The van der Waals surface area contributed by atoms with Crippen LogP contribution in [0.15, 0.2) is 18.2 Å². The zero-order chi connectivity index (χ0) is 12.0. The zero-order valence-corrected chi connectivity index (χ0v) is 10.0. The SMILES string of the molecule is CCCCCc1cccc(CC)c1[N+](=O)[O-]. The smallest absolute Gasteiger partial charge is 0.258 e. The highest BCUT2D eigenvalue weighted by atomic mass is 16.6. The molecular weight excluding hydrogens is 202 g/mol. The third kappa shape index (κ3) is 3.05. The monoisotopic (exact) mass is 221 g/mol. The molecule has 0 N–H and O–H groups in total. The number of aryl methyl sites for hydroxylation is 2. The van der Waals surface area contributed by atoms with Crippen molar-refractivity contribution in [2.24, 2.45) is 0 Å². The fourth-order valence-corrected chi connectivity index (χ4v) is 1.93. The highest BCUT2D eigenvalue weighted by Gasteiger charge is 2.17. The summed E-state index contributed by atoms with van der Waals surface area (Å²) in [7, 11) is 0. The van der Waals surface area contributed by atoms with Gasteiger partial charge in [0.05, 0.1) is 4.92 Å². The normalized spacial score (nSPS) is 10.4. The molecule has 0 aliphatic carbocycles. The van der Waals surface area contributed by atoms with E-state index in [4.69, 9.17) is 0 Å². The molecule has 0 heterocycles. The summed E-state index contributed by atoms with van der Waals surface area (Å²) in [6, 6.07) is 5.65. The fourth-order valence-electron chi connectivity index (χ4n) is 1.93. The van der Waals surface area contributed by atoms with Crippen LogP contribution in [0.25, 0.3) is 0 Å². The second-order valence-corrected chi connectivity index (χ2v) is 3.99. The Morgan fingerprint density at radius 1 is 1.19 bits per heavy atom. The lowest BCUT2D eigenvalue weighted by Gasteiger charge is -2.06. The summed E-state index contributed by atoms with van der Waals surface area (Å²) in [4.78, 5) is 10.8. The summed E-state index contributed by atoms with van der Waals surface area (Å²) in [5.74, 6) is 0. The first-order chi connectivity index (χ1) is 7.70. The Morgan fingerprint density at radius 2 is 1.88 bits per heavy atom. The zero-order valence-electron chi connectivity index (χ0n) is 10.0. The highest BCUT2D eigenvalue weighted by Crippen LogP contribution is 2.25. The largest absolute Gasteiger partial charge is 0.275 e. The summed E-state index contributed by atoms with van der Waals surface area (Å²) in [6.07, 6.45) is 4.84. The van der Waals surface area contributed by atoms with Gasteiger partial charge in [-0.25, -0.2) is 0 Å². The standard InChI is InChI=1S/C13H19NO2/c1-3-5-6-8-12-10-7-9-11(4-2)13(12)14(15)16/h7,9-10H,3-6,8H2,1-2H3. The van der Waals surface area contributed by atoms with Crippen LogP contribution in [0.4, 0.5) is 5.69 Å². The molecule has 0 bridgehead atoms. The quantitative estimate of drug-likeness (QED) is 0.415. The molecule has 0 aliphatic rings. The third-order valence-electron chi connectivity index (χ3n) is 2.82. The van der Waals surface area contributed by atoms with Crippen LogP contribution in [0.2, 0.25) is 0 Å². The van der Waals surface area contributed by atoms with Crippen LogP contribution < -0.4 is 0 Å². The van der Waals surface area contributed by atoms with E-state index in [1.54, 1.807) is 0 Å². The van der Waals surface area contributed by atoms with Crippen LogP contribution in [-0.2, 0) is 12.8 Å². The van der Waals surface area contributed by atoms with E-state index in [1.165, 1.54) is 0 Å². The summed E-state index contributed by atoms with van der Waals surface area (Å²) >= 11 is 0. The molecular formula is C13H19NO2. The number of hydrogen-bond donors (Lipinski definition) is 0. The molecule has 16 heavy (non-hydrogen) atoms. The maximum Gasteiger partial charge on any atom is 0.275 e. The first-order valence-electron chi connectivity index (χ1n) is 5.95. The molecule has 0 amide bonds. The van der Waals surface area contributed by atoms with Crippen LogP contribution in [0, 0.1) is 10.1 Å². The summed E-state index contributed by atoms with van der Waals surface area (Å²) in [5, 5.41) is 11.0. The second-order valence-electron chi connectivity index (χ2n) is 3.99. The Balaban J connectivity index is 2.93. The minimum Gasteiger partial charge on any atom is -0.258 e. The van der Waals surface area contributed by atoms with Gasteiger partial charge in [0.25, 0.3) is 5.69 Å². The Morgan fingerprint density at radius 3 is 2.44 bits per heavy atom. The van der Waals surface area contributed by atoms with Gasteiger partial charge in [-0.1, -0.05) is 44.9 Å². The van der Waals surface area contributed by atoms with Crippen molar-refractivity contribution in [2.75, 3.05) is 0 Å². The van der Waals surface area contributed by atoms with Gasteiger partial charge in [-0.05, 0) is 19.3 Å².